The highest BCUT2D eigenvalue weighted by molar-refractivity contribution is 7.99. The molecule has 98 valence electrons. The van der Waals surface area contributed by atoms with Gasteiger partial charge in [0.25, 0.3) is 0 Å². The molecule has 0 saturated carbocycles. The fourth-order valence-corrected chi connectivity index (χ4v) is 3.32. The molecule has 0 aliphatic carbocycles. The summed E-state index contributed by atoms with van der Waals surface area (Å²) in [4.78, 5) is 13.9. The zero-order valence-electron chi connectivity index (χ0n) is 10.4. The van der Waals surface area contributed by atoms with Crippen LogP contribution in [0.2, 0.25) is 0 Å². The first-order valence-corrected chi connectivity index (χ1v) is 7.59. The van der Waals surface area contributed by atoms with Crippen LogP contribution < -0.4 is 5.32 Å². The minimum Gasteiger partial charge on any atom is -0.391 e. The molecule has 0 aromatic carbocycles. The molecule has 2 saturated heterocycles. The second-order valence-corrected chi connectivity index (χ2v) is 6.25. The summed E-state index contributed by atoms with van der Waals surface area (Å²) < 4.78 is 0. The number of thioether (sulfide) groups is 1. The largest absolute Gasteiger partial charge is 0.391 e. The number of piperidine rings is 1. The molecule has 0 spiro atoms. The van der Waals surface area contributed by atoms with Crippen molar-refractivity contribution in [1.82, 2.24) is 10.2 Å². The first-order valence-electron chi connectivity index (χ1n) is 6.44. The summed E-state index contributed by atoms with van der Waals surface area (Å²) in [7, 11) is 0. The number of likely N-dealkylation sites (tertiary alicyclic amines) is 1. The smallest absolute Gasteiger partial charge is 0.224 e. The maximum Gasteiger partial charge on any atom is 0.224 e. The quantitative estimate of drug-likeness (QED) is 0.748. The van der Waals surface area contributed by atoms with Crippen LogP contribution in [0.1, 0.15) is 19.8 Å². The van der Waals surface area contributed by atoms with E-state index in [-0.39, 0.29) is 12.0 Å². The third kappa shape index (κ3) is 3.60. The van der Waals surface area contributed by atoms with E-state index in [4.69, 9.17) is 0 Å². The molecule has 2 N–H and O–H groups in total. The van der Waals surface area contributed by atoms with Gasteiger partial charge in [-0.2, -0.15) is 11.8 Å². The van der Waals surface area contributed by atoms with Crippen LogP contribution in [0.5, 0.6) is 0 Å². The Labute approximate surface area is 107 Å². The predicted molar refractivity (Wildman–Crippen MR) is 70.1 cm³/mol. The summed E-state index contributed by atoms with van der Waals surface area (Å²) in [6, 6.07) is 0.317. The average Bonchev–Trinajstić information content (AvgIpc) is 2.34. The molecule has 4 nitrogen and oxygen atoms in total. The van der Waals surface area contributed by atoms with Crippen molar-refractivity contribution < 1.29 is 9.90 Å². The fraction of sp³-hybridized carbons (Fsp3) is 0.917. The van der Waals surface area contributed by atoms with Gasteiger partial charge in [-0.25, -0.2) is 0 Å². The van der Waals surface area contributed by atoms with Crippen molar-refractivity contribution in [3.8, 4) is 0 Å². The van der Waals surface area contributed by atoms with Crippen LogP contribution in [0.4, 0.5) is 0 Å². The van der Waals surface area contributed by atoms with E-state index >= 15 is 0 Å². The van der Waals surface area contributed by atoms with Gasteiger partial charge in [-0.05, 0) is 12.3 Å². The van der Waals surface area contributed by atoms with Crippen LogP contribution in [0.15, 0.2) is 0 Å². The minimum absolute atomic E-state index is 0.191. The standard InChI is InChI=1S/C12H22N2O2S/c1-9-2-4-14(7-11(9)15)12(16)6-10-8-17-5-3-13-10/h9-11,13,15H,2-8H2,1H3. The van der Waals surface area contributed by atoms with Gasteiger partial charge >= 0.3 is 0 Å². The number of nitrogens with zero attached hydrogens (tertiary/aromatic N) is 1. The van der Waals surface area contributed by atoms with Crippen LogP contribution in [-0.4, -0.2) is 59.2 Å². The highest BCUT2D eigenvalue weighted by Gasteiger charge is 2.28. The fourth-order valence-electron chi connectivity index (χ4n) is 2.37. The lowest BCUT2D eigenvalue weighted by molar-refractivity contribution is -0.135. The Hall–Kier alpha value is -0.260. The topological polar surface area (TPSA) is 52.6 Å². The summed E-state index contributed by atoms with van der Waals surface area (Å²) in [5.41, 5.74) is 0. The third-order valence-electron chi connectivity index (χ3n) is 3.69. The van der Waals surface area contributed by atoms with Crippen molar-refractivity contribution in [1.29, 1.82) is 0 Å². The van der Waals surface area contributed by atoms with E-state index in [9.17, 15) is 9.90 Å². The zero-order valence-corrected chi connectivity index (χ0v) is 11.2. The number of aliphatic hydroxyl groups is 1. The normalized spacial score (nSPS) is 34.7. The summed E-state index contributed by atoms with van der Waals surface area (Å²) in [6.45, 7) is 4.37. The first kappa shape index (κ1) is 13.2. The van der Waals surface area contributed by atoms with E-state index in [1.807, 2.05) is 23.6 Å². The molecular formula is C12H22N2O2S. The lowest BCUT2D eigenvalue weighted by Gasteiger charge is -2.35. The van der Waals surface area contributed by atoms with Gasteiger partial charge in [0.1, 0.15) is 0 Å². The SMILES string of the molecule is CC1CCN(C(=O)CC2CSCCN2)CC1O. The Kier molecular flexibility index (Phi) is 4.70. The monoisotopic (exact) mass is 258 g/mol. The summed E-state index contributed by atoms with van der Waals surface area (Å²) in [5, 5.41) is 13.2. The van der Waals surface area contributed by atoms with Gasteiger partial charge < -0.3 is 15.3 Å². The Morgan fingerprint density at radius 2 is 2.41 bits per heavy atom. The second kappa shape index (κ2) is 6.07. The summed E-state index contributed by atoms with van der Waals surface area (Å²) in [5.74, 6) is 2.68. The molecule has 0 aromatic heterocycles. The highest BCUT2D eigenvalue weighted by Crippen LogP contribution is 2.19. The molecule has 0 bridgehead atoms. The molecule has 2 aliphatic heterocycles. The van der Waals surface area contributed by atoms with Crippen LogP contribution in [0, 0.1) is 5.92 Å². The number of nitrogens with one attached hydrogen (secondary N) is 1. The van der Waals surface area contributed by atoms with Crippen molar-refractivity contribution in [3.63, 3.8) is 0 Å². The molecule has 1 amide bonds. The summed E-state index contributed by atoms with van der Waals surface area (Å²) >= 11 is 1.91. The molecule has 2 rings (SSSR count). The Bertz CT molecular complexity index is 269. The van der Waals surface area contributed by atoms with Crippen molar-refractivity contribution in [2.75, 3.05) is 31.1 Å². The maximum absolute atomic E-state index is 12.1. The van der Waals surface area contributed by atoms with E-state index in [0.717, 1.165) is 31.0 Å². The molecule has 2 aliphatic rings. The number of aliphatic hydroxyl groups excluding tert-OH is 1. The Morgan fingerprint density at radius 1 is 1.59 bits per heavy atom. The molecule has 2 fully saturated rings. The van der Waals surface area contributed by atoms with Crippen LogP contribution in [0.25, 0.3) is 0 Å². The van der Waals surface area contributed by atoms with E-state index in [1.54, 1.807) is 0 Å². The molecule has 3 unspecified atom stereocenters. The molecule has 3 atom stereocenters. The molecular weight excluding hydrogens is 236 g/mol. The van der Waals surface area contributed by atoms with Crippen LogP contribution >= 0.6 is 11.8 Å². The average molecular weight is 258 g/mol. The second-order valence-electron chi connectivity index (χ2n) is 5.10. The lowest BCUT2D eigenvalue weighted by atomic mass is 9.95. The number of hydrogen-bond donors (Lipinski definition) is 2. The molecule has 17 heavy (non-hydrogen) atoms. The van der Waals surface area contributed by atoms with Crippen molar-refractivity contribution in [2.45, 2.75) is 31.9 Å². The van der Waals surface area contributed by atoms with Gasteiger partial charge in [-0.15, -0.1) is 0 Å². The summed E-state index contributed by atoms with van der Waals surface area (Å²) in [6.07, 6.45) is 1.15. The first-order chi connectivity index (χ1) is 8.16. The predicted octanol–water partition coefficient (Wildman–Crippen LogP) is 0.311. The van der Waals surface area contributed by atoms with Crippen LogP contribution in [0.3, 0.4) is 0 Å². The number of amides is 1. The third-order valence-corrected chi connectivity index (χ3v) is 4.82. The molecule has 0 radical (unpaired) electrons. The van der Waals surface area contributed by atoms with Crippen molar-refractivity contribution in [2.24, 2.45) is 5.92 Å². The molecule has 5 heteroatoms. The van der Waals surface area contributed by atoms with Crippen molar-refractivity contribution >= 4 is 17.7 Å². The maximum atomic E-state index is 12.1. The Balaban J connectivity index is 1.79. The molecule has 0 aromatic rings. The van der Waals surface area contributed by atoms with E-state index in [0.29, 0.717) is 24.9 Å². The number of carbonyl (C=O) groups is 1. The van der Waals surface area contributed by atoms with Gasteiger partial charge in [0, 0.05) is 43.6 Å². The van der Waals surface area contributed by atoms with Crippen LogP contribution in [-0.2, 0) is 4.79 Å². The van der Waals surface area contributed by atoms with Gasteiger partial charge in [-0.3, -0.25) is 4.79 Å². The van der Waals surface area contributed by atoms with Gasteiger partial charge in [-0.1, -0.05) is 6.92 Å². The van der Waals surface area contributed by atoms with E-state index in [1.165, 1.54) is 0 Å². The van der Waals surface area contributed by atoms with E-state index < -0.39 is 0 Å². The zero-order chi connectivity index (χ0) is 12.3. The van der Waals surface area contributed by atoms with Gasteiger partial charge in [0.2, 0.25) is 5.91 Å². The molecule has 2 heterocycles. The number of β-amino-alcohol motifs (C(OH)–C–C–N with tert-alkyl or cyclic N) is 1. The Morgan fingerprint density at radius 3 is 3.06 bits per heavy atom. The number of carbonyl (C=O) groups excluding carboxylic acids is 1. The van der Waals surface area contributed by atoms with Gasteiger partial charge in [0.15, 0.2) is 0 Å². The van der Waals surface area contributed by atoms with Crippen molar-refractivity contribution in [3.05, 3.63) is 0 Å². The number of rotatable bonds is 2. The minimum atomic E-state index is -0.346. The lowest BCUT2D eigenvalue weighted by Crippen LogP contribution is -2.48. The van der Waals surface area contributed by atoms with Gasteiger partial charge in [0.05, 0.1) is 6.10 Å². The number of hydrogen-bond acceptors (Lipinski definition) is 4. The highest BCUT2D eigenvalue weighted by atomic mass is 32.2. The van der Waals surface area contributed by atoms with E-state index in [2.05, 4.69) is 5.32 Å².